The molecule has 0 bridgehead atoms. The molecule has 2 aromatic carbocycles. The van der Waals surface area contributed by atoms with Gasteiger partial charge in [-0.3, -0.25) is 0 Å². The van der Waals surface area contributed by atoms with Crippen LogP contribution in [0.3, 0.4) is 0 Å². The van der Waals surface area contributed by atoms with Crippen molar-refractivity contribution in [1.82, 2.24) is 30.0 Å². The Labute approximate surface area is 157 Å². The predicted molar refractivity (Wildman–Crippen MR) is 102 cm³/mol. The zero-order valence-corrected chi connectivity index (χ0v) is 15.5. The lowest BCUT2D eigenvalue weighted by Crippen LogP contribution is -2.05. The van der Waals surface area contributed by atoms with Crippen molar-refractivity contribution in [2.75, 3.05) is 7.11 Å². The molecule has 0 radical (unpaired) electrons. The SMILES string of the molecule is COc1cccc(-c2nnn(Cc3ccc(-n4nc(C)cc4C)cc3)n2)c1. The molecular weight excluding hydrogens is 340 g/mol. The zero-order valence-electron chi connectivity index (χ0n) is 15.5. The molecule has 0 spiro atoms. The number of nitrogens with zero attached hydrogens (tertiary/aromatic N) is 6. The number of ether oxygens (including phenoxy) is 1. The molecule has 0 amide bonds. The van der Waals surface area contributed by atoms with Crippen molar-refractivity contribution in [3.8, 4) is 22.8 Å². The summed E-state index contributed by atoms with van der Waals surface area (Å²) >= 11 is 0. The first-order chi connectivity index (χ1) is 13.1. The second kappa shape index (κ2) is 7.03. The van der Waals surface area contributed by atoms with Crippen LogP contribution in [0.5, 0.6) is 5.75 Å². The monoisotopic (exact) mass is 360 g/mol. The van der Waals surface area contributed by atoms with Gasteiger partial charge in [-0.2, -0.15) is 9.90 Å². The fourth-order valence-corrected chi connectivity index (χ4v) is 2.98. The number of rotatable bonds is 5. The van der Waals surface area contributed by atoms with Crippen molar-refractivity contribution in [1.29, 1.82) is 0 Å². The highest BCUT2D eigenvalue weighted by Gasteiger charge is 2.08. The molecule has 2 aromatic heterocycles. The van der Waals surface area contributed by atoms with Gasteiger partial charge >= 0.3 is 0 Å². The molecule has 0 aliphatic rings. The standard InChI is InChI=1S/C20H20N6O/c1-14-11-15(2)26(22-14)18-9-7-16(8-10-18)13-25-23-20(21-24-25)17-5-4-6-19(12-17)27-3/h4-12H,13H2,1-3H3. The highest BCUT2D eigenvalue weighted by molar-refractivity contribution is 5.56. The Morgan fingerprint density at radius 1 is 0.963 bits per heavy atom. The summed E-state index contributed by atoms with van der Waals surface area (Å²) in [7, 11) is 1.64. The summed E-state index contributed by atoms with van der Waals surface area (Å²) in [6.45, 7) is 4.59. The lowest BCUT2D eigenvalue weighted by atomic mass is 10.2. The Morgan fingerprint density at radius 3 is 2.48 bits per heavy atom. The van der Waals surface area contributed by atoms with Crippen LogP contribution >= 0.6 is 0 Å². The van der Waals surface area contributed by atoms with E-state index in [1.165, 1.54) is 0 Å². The Bertz CT molecular complexity index is 1060. The van der Waals surface area contributed by atoms with Crippen LogP contribution in [0.4, 0.5) is 0 Å². The Kier molecular flexibility index (Phi) is 4.42. The van der Waals surface area contributed by atoms with Crippen molar-refractivity contribution < 1.29 is 4.74 Å². The number of methoxy groups -OCH3 is 1. The van der Waals surface area contributed by atoms with Gasteiger partial charge in [0.25, 0.3) is 0 Å². The van der Waals surface area contributed by atoms with E-state index in [-0.39, 0.29) is 0 Å². The van der Waals surface area contributed by atoms with Crippen LogP contribution < -0.4 is 4.74 Å². The third-order valence-corrected chi connectivity index (χ3v) is 4.30. The normalized spacial score (nSPS) is 10.9. The second-order valence-electron chi connectivity index (χ2n) is 6.38. The summed E-state index contributed by atoms with van der Waals surface area (Å²) in [6, 6.07) is 17.9. The summed E-state index contributed by atoms with van der Waals surface area (Å²) in [4.78, 5) is 1.59. The maximum absolute atomic E-state index is 5.25. The summed E-state index contributed by atoms with van der Waals surface area (Å²) in [5.74, 6) is 1.34. The van der Waals surface area contributed by atoms with Crippen LogP contribution in [0.1, 0.15) is 17.0 Å². The topological polar surface area (TPSA) is 70.7 Å². The molecule has 4 rings (SSSR count). The van der Waals surface area contributed by atoms with E-state index in [0.717, 1.165) is 34.0 Å². The van der Waals surface area contributed by atoms with Gasteiger partial charge in [0.15, 0.2) is 0 Å². The molecule has 0 aliphatic carbocycles. The van der Waals surface area contributed by atoms with Crippen molar-refractivity contribution in [3.05, 3.63) is 71.5 Å². The van der Waals surface area contributed by atoms with E-state index in [1.54, 1.807) is 11.9 Å². The molecule has 27 heavy (non-hydrogen) atoms. The predicted octanol–water partition coefficient (Wildman–Crippen LogP) is 3.20. The van der Waals surface area contributed by atoms with E-state index in [1.807, 2.05) is 42.8 Å². The molecule has 2 heterocycles. The van der Waals surface area contributed by atoms with Crippen molar-refractivity contribution >= 4 is 0 Å². The number of tetrazole rings is 1. The van der Waals surface area contributed by atoms with Gasteiger partial charge in [0.05, 0.1) is 25.0 Å². The highest BCUT2D eigenvalue weighted by Crippen LogP contribution is 2.20. The molecule has 136 valence electrons. The Hall–Kier alpha value is -3.48. The molecular formula is C20H20N6O. The average Bonchev–Trinajstić information content (AvgIpc) is 3.28. The first-order valence-corrected chi connectivity index (χ1v) is 8.67. The minimum atomic E-state index is 0.550. The average molecular weight is 360 g/mol. The van der Waals surface area contributed by atoms with E-state index in [9.17, 15) is 0 Å². The van der Waals surface area contributed by atoms with Gasteiger partial charge in [0, 0.05) is 11.3 Å². The van der Waals surface area contributed by atoms with E-state index < -0.39 is 0 Å². The van der Waals surface area contributed by atoms with Crippen LogP contribution in [0.15, 0.2) is 54.6 Å². The van der Waals surface area contributed by atoms with Crippen molar-refractivity contribution in [3.63, 3.8) is 0 Å². The quantitative estimate of drug-likeness (QED) is 0.547. The molecule has 0 unspecified atom stereocenters. The minimum absolute atomic E-state index is 0.550. The van der Waals surface area contributed by atoms with E-state index >= 15 is 0 Å². The van der Waals surface area contributed by atoms with Gasteiger partial charge < -0.3 is 4.74 Å². The number of hydrogen-bond acceptors (Lipinski definition) is 5. The zero-order chi connectivity index (χ0) is 18.8. The van der Waals surface area contributed by atoms with Crippen LogP contribution in [0.25, 0.3) is 17.1 Å². The lowest BCUT2D eigenvalue weighted by molar-refractivity contribution is 0.415. The summed E-state index contributed by atoms with van der Waals surface area (Å²) in [5, 5.41) is 17.3. The van der Waals surface area contributed by atoms with Crippen LogP contribution in [-0.2, 0) is 6.54 Å². The first kappa shape index (κ1) is 17.0. The molecule has 7 nitrogen and oxygen atoms in total. The maximum Gasteiger partial charge on any atom is 0.205 e. The molecule has 0 aliphatic heterocycles. The summed E-state index contributed by atoms with van der Waals surface area (Å²) in [5.41, 5.74) is 5.12. The van der Waals surface area contributed by atoms with Crippen molar-refractivity contribution in [2.24, 2.45) is 0 Å². The first-order valence-electron chi connectivity index (χ1n) is 8.67. The van der Waals surface area contributed by atoms with Gasteiger partial charge in [0.1, 0.15) is 5.75 Å². The Balaban J connectivity index is 1.51. The maximum atomic E-state index is 5.25. The summed E-state index contributed by atoms with van der Waals surface area (Å²) in [6.07, 6.45) is 0. The van der Waals surface area contributed by atoms with E-state index in [4.69, 9.17) is 4.74 Å². The number of aromatic nitrogens is 6. The molecule has 0 N–H and O–H groups in total. The molecule has 0 fully saturated rings. The van der Waals surface area contributed by atoms with Crippen LogP contribution in [0.2, 0.25) is 0 Å². The number of benzene rings is 2. The third-order valence-electron chi connectivity index (χ3n) is 4.30. The van der Waals surface area contributed by atoms with E-state index in [2.05, 4.69) is 50.8 Å². The van der Waals surface area contributed by atoms with Crippen molar-refractivity contribution in [2.45, 2.75) is 20.4 Å². The van der Waals surface area contributed by atoms with Gasteiger partial charge in [-0.25, -0.2) is 4.68 Å². The fourth-order valence-electron chi connectivity index (χ4n) is 2.98. The third kappa shape index (κ3) is 3.57. The molecule has 7 heteroatoms. The highest BCUT2D eigenvalue weighted by atomic mass is 16.5. The smallest absolute Gasteiger partial charge is 0.205 e. The van der Waals surface area contributed by atoms with E-state index in [0.29, 0.717) is 12.4 Å². The van der Waals surface area contributed by atoms with Gasteiger partial charge in [-0.05, 0) is 55.0 Å². The molecule has 4 aromatic rings. The van der Waals surface area contributed by atoms with Gasteiger partial charge in [-0.15, -0.1) is 10.2 Å². The van der Waals surface area contributed by atoms with Crippen LogP contribution in [0, 0.1) is 13.8 Å². The molecule has 0 saturated heterocycles. The number of aryl methyl sites for hydroxylation is 2. The largest absolute Gasteiger partial charge is 0.497 e. The molecule has 0 atom stereocenters. The minimum Gasteiger partial charge on any atom is -0.497 e. The molecule has 0 saturated carbocycles. The van der Waals surface area contributed by atoms with Gasteiger partial charge in [-0.1, -0.05) is 24.3 Å². The van der Waals surface area contributed by atoms with Gasteiger partial charge in [0.2, 0.25) is 5.82 Å². The fraction of sp³-hybridized carbons (Fsp3) is 0.200. The lowest BCUT2D eigenvalue weighted by Gasteiger charge is -2.06. The van der Waals surface area contributed by atoms with Crippen LogP contribution in [-0.4, -0.2) is 37.1 Å². The second-order valence-corrected chi connectivity index (χ2v) is 6.38. The number of hydrogen-bond donors (Lipinski definition) is 0. The Morgan fingerprint density at radius 2 is 1.78 bits per heavy atom. The summed E-state index contributed by atoms with van der Waals surface area (Å²) < 4.78 is 7.18.